The lowest BCUT2D eigenvalue weighted by Gasteiger charge is -2.30. The normalized spacial score (nSPS) is 16.9. The van der Waals surface area contributed by atoms with E-state index >= 15 is 0 Å². The largest absolute Gasteiger partial charge is 0.386 e. The molecular weight excluding hydrogens is 497 g/mol. The second kappa shape index (κ2) is 14.9. The molecule has 1 aromatic rings. The van der Waals surface area contributed by atoms with Gasteiger partial charge in [-0.1, -0.05) is 44.2 Å². The first kappa shape index (κ1) is 30.5. The third-order valence-corrected chi connectivity index (χ3v) is 7.12. The first-order valence-electron chi connectivity index (χ1n) is 12.9. The highest BCUT2D eigenvalue weighted by atomic mass is 35.5. The molecule has 1 aromatic carbocycles. The predicted octanol–water partition coefficient (Wildman–Crippen LogP) is 4.02. The van der Waals surface area contributed by atoms with Crippen LogP contribution in [0.1, 0.15) is 57.9 Å². The number of alkyl halides is 1. The van der Waals surface area contributed by atoms with Crippen LogP contribution >= 0.6 is 11.6 Å². The Morgan fingerprint density at radius 2 is 1.97 bits per heavy atom. The summed E-state index contributed by atoms with van der Waals surface area (Å²) in [5.41, 5.74) is 6.26. The number of Topliss-reactive ketones (excluding diaryl/α,β-unsaturated/α-hetero) is 3. The second-order valence-corrected chi connectivity index (χ2v) is 10.6. The van der Waals surface area contributed by atoms with Gasteiger partial charge in [0.15, 0.2) is 11.6 Å². The van der Waals surface area contributed by atoms with Gasteiger partial charge in [0.2, 0.25) is 5.91 Å². The molecule has 1 saturated heterocycles. The molecule has 37 heavy (non-hydrogen) atoms. The van der Waals surface area contributed by atoms with Crippen LogP contribution in [-0.2, 0) is 25.6 Å². The van der Waals surface area contributed by atoms with E-state index in [1.807, 2.05) is 19.9 Å². The maximum absolute atomic E-state index is 13.5. The van der Waals surface area contributed by atoms with Crippen molar-refractivity contribution < 1.29 is 23.6 Å². The highest BCUT2D eigenvalue weighted by molar-refractivity contribution is 6.30. The zero-order chi connectivity index (χ0) is 27.5. The topological polar surface area (TPSA) is 110 Å². The van der Waals surface area contributed by atoms with Crippen LogP contribution < -0.4 is 11.1 Å². The van der Waals surface area contributed by atoms with Gasteiger partial charge in [-0.2, -0.15) is 0 Å². The van der Waals surface area contributed by atoms with Gasteiger partial charge in [-0.15, -0.1) is 0 Å². The smallest absolute Gasteiger partial charge is 0.226 e. The lowest BCUT2D eigenvalue weighted by molar-refractivity contribution is -0.144. The summed E-state index contributed by atoms with van der Waals surface area (Å²) in [6.45, 7) is 7.08. The van der Waals surface area contributed by atoms with Crippen molar-refractivity contribution in [3.63, 3.8) is 0 Å². The average Bonchev–Trinajstić information content (AvgIpc) is 3.33. The van der Waals surface area contributed by atoms with E-state index in [0.717, 1.165) is 5.56 Å². The summed E-state index contributed by atoms with van der Waals surface area (Å²) in [7, 11) is 0. The predicted molar refractivity (Wildman–Crippen MR) is 143 cm³/mol. The fourth-order valence-corrected chi connectivity index (χ4v) is 5.05. The number of nitrogens with two attached hydrogens (primary N) is 1. The van der Waals surface area contributed by atoms with E-state index in [1.165, 1.54) is 0 Å². The van der Waals surface area contributed by atoms with Crippen molar-refractivity contribution in [3.8, 4) is 0 Å². The van der Waals surface area contributed by atoms with E-state index in [1.54, 1.807) is 23.1 Å². The number of hydrogen-bond donors (Lipinski definition) is 2. The summed E-state index contributed by atoms with van der Waals surface area (Å²) < 4.78 is 13.2. The molecule has 3 N–H and O–H groups in total. The third kappa shape index (κ3) is 9.58. The first-order valence-corrected chi connectivity index (χ1v) is 13.3. The lowest BCUT2D eigenvalue weighted by atomic mass is 9.87. The minimum Gasteiger partial charge on any atom is -0.386 e. The van der Waals surface area contributed by atoms with E-state index in [4.69, 9.17) is 17.3 Å². The molecule has 7 nitrogen and oxygen atoms in total. The number of nitrogens with zero attached hydrogens (tertiary/aromatic N) is 1. The maximum atomic E-state index is 13.5. The van der Waals surface area contributed by atoms with Crippen LogP contribution in [0.2, 0.25) is 5.02 Å². The molecule has 0 unspecified atom stereocenters. The maximum Gasteiger partial charge on any atom is 0.226 e. The summed E-state index contributed by atoms with van der Waals surface area (Å²) in [6, 6.07) is 6.41. The van der Waals surface area contributed by atoms with Crippen LogP contribution in [0.25, 0.3) is 0 Å². The lowest BCUT2D eigenvalue weighted by Crippen LogP contribution is -2.46. The van der Waals surface area contributed by atoms with Gasteiger partial charge >= 0.3 is 0 Å². The Labute approximate surface area is 224 Å². The summed E-state index contributed by atoms with van der Waals surface area (Å²) in [4.78, 5) is 53.3. The van der Waals surface area contributed by atoms with E-state index in [-0.39, 0.29) is 42.7 Å². The molecule has 2 rings (SSSR count). The number of halogens is 2. The van der Waals surface area contributed by atoms with Crippen molar-refractivity contribution in [3.05, 3.63) is 47.3 Å². The Kier molecular flexibility index (Phi) is 12.2. The molecule has 3 atom stereocenters. The van der Waals surface area contributed by atoms with Crippen LogP contribution in [0.15, 0.2) is 36.7 Å². The molecule has 0 aliphatic carbocycles. The minimum absolute atomic E-state index is 0.0706. The van der Waals surface area contributed by atoms with E-state index in [0.29, 0.717) is 49.6 Å². The number of nitrogens with one attached hydrogen (secondary N) is 1. The quantitative estimate of drug-likeness (QED) is 0.309. The fourth-order valence-electron chi connectivity index (χ4n) is 4.84. The van der Waals surface area contributed by atoms with Gasteiger partial charge in [-0.05, 0) is 49.3 Å². The SMILES string of the molecule is C=C(N)NCCC[C@H](CC(=O)[C@@H]1CCCN1C(=O)[C@@H](CC(=O)Cc1cccc(Cl)c1)C(C)C)C(=O)CF. The Hall–Kier alpha value is -2.74. The zero-order valence-corrected chi connectivity index (χ0v) is 22.6. The van der Waals surface area contributed by atoms with Gasteiger partial charge in [0, 0.05) is 49.2 Å². The Morgan fingerprint density at radius 1 is 1.24 bits per heavy atom. The monoisotopic (exact) mass is 535 g/mol. The molecule has 0 saturated carbocycles. The van der Waals surface area contributed by atoms with Gasteiger partial charge < -0.3 is 16.0 Å². The molecule has 0 radical (unpaired) electrons. The van der Waals surface area contributed by atoms with Crippen LogP contribution in [-0.4, -0.2) is 54.0 Å². The Bertz CT molecular complexity index is 984. The van der Waals surface area contributed by atoms with Gasteiger partial charge in [-0.25, -0.2) is 4.39 Å². The molecule has 0 spiro atoms. The van der Waals surface area contributed by atoms with Crippen LogP contribution in [0.3, 0.4) is 0 Å². The Balaban J connectivity index is 2.05. The van der Waals surface area contributed by atoms with Crippen molar-refractivity contribution in [1.29, 1.82) is 0 Å². The van der Waals surface area contributed by atoms with Crippen molar-refractivity contribution >= 4 is 34.9 Å². The molecular formula is C28H39ClFN3O4. The number of carbonyl (C=O) groups is 4. The number of likely N-dealkylation sites (tertiary alicyclic amines) is 1. The van der Waals surface area contributed by atoms with Gasteiger partial charge in [0.25, 0.3) is 0 Å². The molecule has 0 bridgehead atoms. The average molecular weight is 536 g/mol. The van der Waals surface area contributed by atoms with E-state index in [2.05, 4.69) is 11.9 Å². The number of rotatable bonds is 16. The van der Waals surface area contributed by atoms with E-state index < -0.39 is 30.3 Å². The first-order chi connectivity index (χ1) is 17.5. The van der Waals surface area contributed by atoms with Crippen LogP contribution in [0.4, 0.5) is 4.39 Å². The van der Waals surface area contributed by atoms with Crippen molar-refractivity contribution in [2.24, 2.45) is 23.5 Å². The minimum atomic E-state index is -1.13. The van der Waals surface area contributed by atoms with Crippen LogP contribution in [0.5, 0.6) is 0 Å². The molecule has 1 aliphatic rings. The van der Waals surface area contributed by atoms with E-state index in [9.17, 15) is 23.6 Å². The summed E-state index contributed by atoms with van der Waals surface area (Å²) in [5, 5.41) is 3.40. The van der Waals surface area contributed by atoms with Crippen molar-refractivity contribution in [1.82, 2.24) is 10.2 Å². The molecule has 1 heterocycles. The van der Waals surface area contributed by atoms with Gasteiger partial charge in [-0.3, -0.25) is 19.2 Å². The summed E-state index contributed by atoms with van der Waals surface area (Å²) in [5.74, 6) is -2.23. The summed E-state index contributed by atoms with van der Waals surface area (Å²) >= 11 is 6.02. The molecule has 1 amide bonds. The number of hydrogen-bond acceptors (Lipinski definition) is 6. The standard InChI is InChI=1S/C28H39ClFN3O4/c1-18(2)24(16-23(34)14-20-7-4-9-22(29)13-20)28(37)33-12-6-10-25(33)26(35)15-21(27(36)17-30)8-5-11-32-19(3)31/h4,7,9,13,18,21,24-25,32H,3,5-6,8,10-12,14-17,31H2,1-2H3/t21-,24+,25+/m1/s1. The summed E-state index contributed by atoms with van der Waals surface area (Å²) in [6.07, 6.45) is 2.16. The van der Waals surface area contributed by atoms with Crippen molar-refractivity contribution in [2.75, 3.05) is 19.8 Å². The molecule has 9 heteroatoms. The molecule has 1 aliphatic heterocycles. The second-order valence-electron chi connectivity index (χ2n) is 10.2. The highest BCUT2D eigenvalue weighted by Crippen LogP contribution is 2.28. The number of benzene rings is 1. The zero-order valence-electron chi connectivity index (χ0n) is 21.8. The molecule has 204 valence electrons. The van der Waals surface area contributed by atoms with Gasteiger partial charge in [0.05, 0.1) is 11.9 Å². The Morgan fingerprint density at radius 3 is 2.59 bits per heavy atom. The van der Waals surface area contributed by atoms with Crippen molar-refractivity contribution in [2.45, 2.75) is 64.8 Å². The molecule has 1 fully saturated rings. The number of carbonyl (C=O) groups excluding carboxylic acids is 4. The number of ketones is 3. The highest BCUT2D eigenvalue weighted by Gasteiger charge is 2.39. The molecule has 0 aromatic heterocycles. The third-order valence-electron chi connectivity index (χ3n) is 6.88. The van der Waals surface area contributed by atoms with Gasteiger partial charge in [0.1, 0.15) is 12.5 Å². The van der Waals surface area contributed by atoms with Crippen LogP contribution in [0, 0.1) is 17.8 Å². The number of amides is 1. The fraction of sp³-hybridized carbons (Fsp3) is 0.571.